The second-order valence-electron chi connectivity index (χ2n) is 6.30. The van der Waals surface area contributed by atoms with Crippen molar-refractivity contribution in [1.82, 2.24) is 20.4 Å². The molecule has 2 atom stereocenters. The van der Waals surface area contributed by atoms with E-state index in [0.717, 1.165) is 32.6 Å². The van der Waals surface area contributed by atoms with Crippen LogP contribution in [0.15, 0.2) is 11.4 Å². The third kappa shape index (κ3) is 4.44. The summed E-state index contributed by atoms with van der Waals surface area (Å²) < 4.78 is 0. The predicted octanol–water partition coefficient (Wildman–Crippen LogP) is 1.74. The van der Waals surface area contributed by atoms with Crippen LogP contribution in [0.5, 0.6) is 0 Å². The average molecular weight is 324 g/mol. The van der Waals surface area contributed by atoms with E-state index in [0.29, 0.717) is 12.0 Å². The number of piperidine rings is 1. The third-order valence-electron chi connectivity index (χ3n) is 4.56. The number of carbonyl (C=O) groups is 1. The molecule has 0 bridgehead atoms. The first-order chi connectivity index (χ1) is 10.5. The number of aryl methyl sites for hydroxylation is 1. The summed E-state index contributed by atoms with van der Waals surface area (Å²) in [5.74, 6) is 0.507. The molecule has 0 saturated carbocycles. The van der Waals surface area contributed by atoms with E-state index in [1.807, 2.05) is 11.3 Å². The molecule has 22 heavy (non-hydrogen) atoms. The Morgan fingerprint density at radius 3 is 2.86 bits per heavy atom. The molecule has 2 amide bonds. The fraction of sp³-hybridized carbons (Fsp3) is 0.688. The maximum Gasteiger partial charge on any atom is 0.314 e. The SMILES string of the molecule is CNC(=O)NC[C@H]1CCN(Cc2sccc2C)C[C@H]1N(C)C. The lowest BCUT2D eigenvalue weighted by Gasteiger charge is -2.41. The number of carbonyl (C=O) groups excluding carboxylic acids is 1. The third-order valence-corrected chi connectivity index (χ3v) is 5.56. The first kappa shape index (κ1) is 17.2. The number of hydrogen-bond donors (Lipinski definition) is 2. The van der Waals surface area contributed by atoms with Crippen LogP contribution in [-0.2, 0) is 6.54 Å². The lowest BCUT2D eigenvalue weighted by Crippen LogP contribution is -2.53. The van der Waals surface area contributed by atoms with Gasteiger partial charge in [0.05, 0.1) is 0 Å². The zero-order valence-corrected chi connectivity index (χ0v) is 14.9. The van der Waals surface area contributed by atoms with E-state index >= 15 is 0 Å². The Morgan fingerprint density at radius 2 is 2.27 bits per heavy atom. The van der Waals surface area contributed by atoms with Gasteiger partial charge in [-0.25, -0.2) is 4.79 Å². The van der Waals surface area contributed by atoms with Gasteiger partial charge in [-0.15, -0.1) is 11.3 Å². The van der Waals surface area contributed by atoms with E-state index in [1.54, 1.807) is 7.05 Å². The minimum Gasteiger partial charge on any atom is -0.341 e. The van der Waals surface area contributed by atoms with Crippen molar-refractivity contribution < 1.29 is 4.79 Å². The summed E-state index contributed by atoms with van der Waals surface area (Å²) in [5.41, 5.74) is 1.40. The Labute approximate surface area is 137 Å². The van der Waals surface area contributed by atoms with Crippen molar-refractivity contribution in [3.63, 3.8) is 0 Å². The van der Waals surface area contributed by atoms with Gasteiger partial charge < -0.3 is 15.5 Å². The fourth-order valence-electron chi connectivity index (χ4n) is 3.09. The summed E-state index contributed by atoms with van der Waals surface area (Å²) >= 11 is 1.85. The van der Waals surface area contributed by atoms with E-state index in [-0.39, 0.29) is 6.03 Å². The molecule has 124 valence electrons. The van der Waals surface area contributed by atoms with Crippen LogP contribution >= 0.6 is 11.3 Å². The largest absolute Gasteiger partial charge is 0.341 e. The van der Waals surface area contributed by atoms with E-state index in [1.165, 1.54) is 10.4 Å². The van der Waals surface area contributed by atoms with Crippen LogP contribution in [0.1, 0.15) is 16.9 Å². The van der Waals surface area contributed by atoms with Crippen molar-refractivity contribution in [1.29, 1.82) is 0 Å². The molecule has 1 fully saturated rings. The quantitative estimate of drug-likeness (QED) is 0.867. The maximum absolute atomic E-state index is 11.4. The van der Waals surface area contributed by atoms with Gasteiger partial charge in [-0.05, 0) is 56.9 Å². The Balaban J connectivity index is 1.92. The van der Waals surface area contributed by atoms with Crippen LogP contribution in [0.4, 0.5) is 4.79 Å². The molecule has 0 aromatic carbocycles. The average Bonchev–Trinajstić information content (AvgIpc) is 2.90. The molecule has 1 aliphatic rings. The van der Waals surface area contributed by atoms with Crippen LogP contribution in [0.3, 0.4) is 0 Å². The number of rotatable bonds is 5. The highest BCUT2D eigenvalue weighted by atomic mass is 32.1. The number of likely N-dealkylation sites (tertiary alicyclic amines) is 1. The number of likely N-dealkylation sites (N-methyl/N-ethyl adjacent to an activating group) is 1. The molecule has 1 aromatic rings. The topological polar surface area (TPSA) is 47.6 Å². The molecule has 2 heterocycles. The van der Waals surface area contributed by atoms with Crippen molar-refractivity contribution in [3.05, 3.63) is 21.9 Å². The van der Waals surface area contributed by atoms with Crippen molar-refractivity contribution >= 4 is 17.4 Å². The molecule has 1 aromatic heterocycles. The summed E-state index contributed by atoms with van der Waals surface area (Å²) in [7, 11) is 5.93. The minimum absolute atomic E-state index is 0.0888. The summed E-state index contributed by atoms with van der Waals surface area (Å²) in [6.07, 6.45) is 1.12. The molecule has 0 unspecified atom stereocenters. The molecule has 1 saturated heterocycles. The van der Waals surface area contributed by atoms with Crippen molar-refractivity contribution in [3.8, 4) is 0 Å². The molecule has 0 radical (unpaired) electrons. The van der Waals surface area contributed by atoms with Gasteiger partial charge in [-0.2, -0.15) is 0 Å². The van der Waals surface area contributed by atoms with Crippen LogP contribution in [0.2, 0.25) is 0 Å². The minimum atomic E-state index is -0.0888. The highest BCUT2D eigenvalue weighted by Gasteiger charge is 2.31. The van der Waals surface area contributed by atoms with Gasteiger partial charge in [-0.1, -0.05) is 0 Å². The van der Waals surface area contributed by atoms with Gasteiger partial charge in [-0.3, -0.25) is 4.90 Å². The van der Waals surface area contributed by atoms with Crippen molar-refractivity contribution in [2.45, 2.75) is 25.9 Å². The van der Waals surface area contributed by atoms with Crippen LogP contribution in [0, 0.1) is 12.8 Å². The highest BCUT2D eigenvalue weighted by Crippen LogP contribution is 2.24. The molecule has 5 nitrogen and oxygen atoms in total. The zero-order chi connectivity index (χ0) is 16.1. The Morgan fingerprint density at radius 1 is 1.50 bits per heavy atom. The summed E-state index contributed by atoms with van der Waals surface area (Å²) in [6, 6.07) is 2.59. The van der Waals surface area contributed by atoms with Gasteiger partial charge in [0.1, 0.15) is 0 Å². The van der Waals surface area contributed by atoms with E-state index in [9.17, 15) is 4.79 Å². The number of hydrogen-bond acceptors (Lipinski definition) is 4. The molecular formula is C16H28N4OS. The highest BCUT2D eigenvalue weighted by molar-refractivity contribution is 7.10. The van der Waals surface area contributed by atoms with Gasteiger partial charge in [0, 0.05) is 37.6 Å². The second kappa shape index (κ2) is 7.94. The molecule has 2 N–H and O–H groups in total. The molecular weight excluding hydrogens is 296 g/mol. The number of nitrogens with zero attached hydrogens (tertiary/aromatic N) is 2. The van der Waals surface area contributed by atoms with Crippen LogP contribution in [0.25, 0.3) is 0 Å². The maximum atomic E-state index is 11.4. The van der Waals surface area contributed by atoms with Gasteiger partial charge in [0.25, 0.3) is 0 Å². The molecule has 6 heteroatoms. The van der Waals surface area contributed by atoms with Crippen molar-refractivity contribution in [2.24, 2.45) is 5.92 Å². The van der Waals surface area contributed by atoms with Gasteiger partial charge in [0.2, 0.25) is 0 Å². The Kier molecular flexibility index (Phi) is 6.23. The normalized spacial score (nSPS) is 22.8. The number of amides is 2. The van der Waals surface area contributed by atoms with Crippen LogP contribution < -0.4 is 10.6 Å². The van der Waals surface area contributed by atoms with Gasteiger partial charge in [0.15, 0.2) is 0 Å². The summed E-state index contributed by atoms with van der Waals surface area (Å²) in [5, 5.41) is 7.76. The Bertz CT molecular complexity index is 488. The molecule has 0 aliphatic carbocycles. The molecule has 2 rings (SSSR count). The number of nitrogens with one attached hydrogen (secondary N) is 2. The lowest BCUT2D eigenvalue weighted by atomic mass is 9.90. The second-order valence-corrected chi connectivity index (χ2v) is 7.30. The summed E-state index contributed by atoms with van der Waals surface area (Å²) in [6.45, 7) is 6.14. The number of thiophene rings is 1. The first-order valence-electron chi connectivity index (χ1n) is 7.88. The first-order valence-corrected chi connectivity index (χ1v) is 8.76. The van der Waals surface area contributed by atoms with Crippen LogP contribution in [-0.4, -0.2) is 62.7 Å². The van der Waals surface area contributed by atoms with E-state index in [4.69, 9.17) is 0 Å². The van der Waals surface area contributed by atoms with E-state index in [2.05, 4.69) is 52.9 Å². The van der Waals surface area contributed by atoms with E-state index < -0.39 is 0 Å². The van der Waals surface area contributed by atoms with Crippen molar-refractivity contribution in [2.75, 3.05) is 40.8 Å². The lowest BCUT2D eigenvalue weighted by molar-refractivity contribution is 0.0787. The smallest absolute Gasteiger partial charge is 0.314 e. The fourth-order valence-corrected chi connectivity index (χ4v) is 4.04. The monoisotopic (exact) mass is 324 g/mol. The summed E-state index contributed by atoms with van der Waals surface area (Å²) in [4.78, 5) is 17.7. The molecule has 0 spiro atoms. The predicted molar refractivity (Wildman–Crippen MR) is 92.4 cm³/mol. The number of urea groups is 1. The Hall–Kier alpha value is -1.11. The van der Waals surface area contributed by atoms with Gasteiger partial charge >= 0.3 is 6.03 Å². The standard InChI is InChI=1S/C16H28N4OS/c1-12-6-8-22-15(12)11-20-7-5-13(9-18-16(21)17-2)14(10-20)19(3)4/h6,8,13-14H,5,7,9-11H2,1-4H3,(H2,17,18,21)/t13-,14-/m1/s1. The zero-order valence-electron chi connectivity index (χ0n) is 14.1. The molecule has 1 aliphatic heterocycles.